The zero-order chi connectivity index (χ0) is 20.1. The fourth-order valence-corrected chi connectivity index (χ4v) is 6.76. The summed E-state index contributed by atoms with van der Waals surface area (Å²) in [4.78, 5) is 16.1. The van der Waals surface area contributed by atoms with E-state index >= 15 is 0 Å². The first kappa shape index (κ1) is 21.0. The Morgan fingerprint density at radius 3 is 1.90 bits per heavy atom. The molecule has 0 spiro atoms. The molecule has 0 aromatic carbocycles. The van der Waals surface area contributed by atoms with E-state index in [1.54, 1.807) is 11.3 Å². The van der Waals surface area contributed by atoms with Crippen LogP contribution in [-0.4, -0.2) is 23.0 Å². The maximum absolute atomic E-state index is 12.6. The number of carbonyl (C=O) groups is 1. The van der Waals surface area contributed by atoms with Crippen LogP contribution < -0.4 is 4.90 Å². The molecule has 4 rings (SSSR count). The molecule has 0 amide bonds. The lowest BCUT2D eigenvalue weighted by Crippen LogP contribution is -2.45. The van der Waals surface area contributed by atoms with E-state index in [2.05, 4.69) is 11.0 Å². The van der Waals surface area contributed by atoms with E-state index in [-0.39, 0.29) is 17.5 Å². The van der Waals surface area contributed by atoms with Crippen LogP contribution in [0.3, 0.4) is 0 Å². The van der Waals surface area contributed by atoms with Crippen molar-refractivity contribution < 1.29 is 9.90 Å². The third kappa shape index (κ3) is 5.25. The molecule has 1 aromatic heterocycles. The highest BCUT2D eigenvalue weighted by Gasteiger charge is 2.30. The molecule has 3 aliphatic carbocycles. The van der Waals surface area contributed by atoms with Crippen LogP contribution in [-0.2, 0) is 4.79 Å². The van der Waals surface area contributed by atoms with Gasteiger partial charge in [0.15, 0.2) is 5.78 Å². The van der Waals surface area contributed by atoms with Crippen molar-refractivity contribution >= 4 is 27.9 Å². The van der Waals surface area contributed by atoms with Crippen molar-refractivity contribution in [2.45, 2.75) is 108 Å². The largest absolute Gasteiger partial charge is 0.506 e. The number of aliphatic hydroxyl groups excluding tert-OH is 1. The van der Waals surface area contributed by atoms with E-state index in [1.807, 2.05) is 6.07 Å². The summed E-state index contributed by atoms with van der Waals surface area (Å²) in [5, 5.41) is 12.0. The molecule has 0 bridgehead atoms. The smallest absolute Gasteiger partial charge is 0.162 e. The van der Waals surface area contributed by atoms with Gasteiger partial charge < -0.3 is 10.0 Å². The highest BCUT2D eigenvalue weighted by molar-refractivity contribution is 7.17. The molecule has 0 saturated heterocycles. The van der Waals surface area contributed by atoms with Crippen LogP contribution in [0.1, 0.15) is 101 Å². The molecule has 1 heterocycles. The minimum atomic E-state index is 0.117. The van der Waals surface area contributed by atoms with Crippen molar-refractivity contribution in [1.29, 1.82) is 0 Å². The monoisotopic (exact) mass is 415 g/mol. The zero-order valence-corrected chi connectivity index (χ0v) is 18.6. The molecule has 1 aromatic rings. The normalized spacial score (nSPS) is 23.2. The summed E-state index contributed by atoms with van der Waals surface area (Å²) in [7, 11) is 0. The maximum atomic E-state index is 12.6. The van der Waals surface area contributed by atoms with Crippen LogP contribution in [0.15, 0.2) is 18.2 Å². The van der Waals surface area contributed by atoms with Gasteiger partial charge >= 0.3 is 0 Å². The van der Waals surface area contributed by atoms with Gasteiger partial charge in [-0.25, -0.2) is 0 Å². The van der Waals surface area contributed by atoms with Crippen molar-refractivity contribution in [1.82, 2.24) is 0 Å². The molecule has 3 fully saturated rings. The number of thiophene rings is 1. The van der Waals surface area contributed by atoms with E-state index in [4.69, 9.17) is 0 Å². The predicted molar refractivity (Wildman–Crippen MR) is 123 cm³/mol. The standard InChI is InChI=1S/C25H37NO2S/c27-22(19-10-4-1-5-11-19)18-23(28)24-16-17-25(29-24)26(20-12-6-2-7-13-20)21-14-8-3-9-15-21/h16-21,28H,1-15H2/b23-18-. The third-order valence-electron chi connectivity index (χ3n) is 7.32. The summed E-state index contributed by atoms with van der Waals surface area (Å²) in [5.74, 6) is 0.406. The molecule has 3 nitrogen and oxygen atoms in total. The number of nitrogens with zero attached hydrogens (tertiary/aromatic N) is 1. The van der Waals surface area contributed by atoms with Crippen molar-refractivity contribution in [2.75, 3.05) is 4.90 Å². The van der Waals surface area contributed by atoms with Gasteiger partial charge in [-0.3, -0.25) is 4.79 Å². The average Bonchev–Trinajstić information content (AvgIpc) is 3.26. The second-order valence-electron chi connectivity index (χ2n) is 9.40. The van der Waals surface area contributed by atoms with Gasteiger partial charge in [0.2, 0.25) is 0 Å². The van der Waals surface area contributed by atoms with Gasteiger partial charge in [-0.15, -0.1) is 11.3 Å². The fraction of sp³-hybridized carbons (Fsp3) is 0.720. The van der Waals surface area contributed by atoms with Crippen LogP contribution in [0.4, 0.5) is 5.00 Å². The first-order valence-corrected chi connectivity index (χ1v) is 12.9. The van der Waals surface area contributed by atoms with Crippen LogP contribution in [0, 0.1) is 5.92 Å². The fourth-order valence-electron chi connectivity index (χ4n) is 5.69. The van der Waals surface area contributed by atoms with Gasteiger partial charge in [0.05, 0.1) is 9.88 Å². The highest BCUT2D eigenvalue weighted by atomic mass is 32.1. The lowest BCUT2D eigenvalue weighted by molar-refractivity contribution is -0.119. The Morgan fingerprint density at radius 2 is 1.34 bits per heavy atom. The quantitative estimate of drug-likeness (QED) is 0.392. The van der Waals surface area contributed by atoms with Gasteiger partial charge in [0.1, 0.15) is 5.76 Å². The van der Waals surface area contributed by atoms with Crippen LogP contribution in [0.2, 0.25) is 0 Å². The van der Waals surface area contributed by atoms with Crippen LogP contribution in [0.5, 0.6) is 0 Å². The predicted octanol–water partition coefficient (Wildman–Crippen LogP) is 7.27. The van der Waals surface area contributed by atoms with Gasteiger partial charge in [0, 0.05) is 24.1 Å². The number of aliphatic hydroxyl groups is 1. The molecule has 4 heteroatoms. The molecule has 0 atom stereocenters. The first-order valence-electron chi connectivity index (χ1n) is 12.1. The average molecular weight is 416 g/mol. The second kappa shape index (κ2) is 10.1. The SMILES string of the molecule is O=C(/C=C(\O)c1ccc(N(C2CCCCC2)C2CCCCC2)s1)C1CCCCC1. The minimum Gasteiger partial charge on any atom is -0.506 e. The molecule has 0 aliphatic heterocycles. The highest BCUT2D eigenvalue weighted by Crippen LogP contribution is 2.39. The number of allylic oxidation sites excluding steroid dienone is 1. The molecule has 3 saturated carbocycles. The lowest BCUT2D eigenvalue weighted by atomic mass is 9.86. The van der Waals surface area contributed by atoms with Crippen LogP contribution >= 0.6 is 11.3 Å². The van der Waals surface area contributed by atoms with E-state index in [1.165, 1.54) is 81.7 Å². The third-order valence-corrected chi connectivity index (χ3v) is 8.44. The minimum absolute atomic E-state index is 0.117. The molecule has 3 aliphatic rings. The number of anilines is 1. The summed E-state index contributed by atoms with van der Waals surface area (Å²) in [6, 6.07) is 5.51. The van der Waals surface area contributed by atoms with Crippen molar-refractivity contribution in [3.8, 4) is 0 Å². The summed E-state index contributed by atoms with van der Waals surface area (Å²) < 4.78 is 0. The first-order chi connectivity index (χ1) is 14.2. The Balaban J connectivity index is 1.50. The van der Waals surface area contributed by atoms with Gasteiger partial charge in [0.25, 0.3) is 0 Å². The second-order valence-corrected chi connectivity index (χ2v) is 10.5. The Morgan fingerprint density at radius 1 is 0.828 bits per heavy atom. The topological polar surface area (TPSA) is 40.5 Å². The van der Waals surface area contributed by atoms with Gasteiger partial charge in [-0.1, -0.05) is 57.8 Å². The molecule has 0 unspecified atom stereocenters. The summed E-state index contributed by atoms with van der Waals surface area (Å²) >= 11 is 1.68. The van der Waals surface area contributed by atoms with E-state index in [0.29, 0.717) is 12.1 Å². The molecule has 29 heavy (non-hydrogen) atoms. The number of ketones is 1. The van der Waals surface area contributed by atoms with Crippen LogP contribution in [0.25, 0.3) is 5.76 Å². The van der Waals surface area contributed by atoms with Gasteiger partial charge in [-0.05, 0) is 50.7 Å². The van der Waals surface area contributed by atoms with E-state index < -0.39 is 0 Å². The van der Waals surface area contributed by atoms with Crippen molar-refractivity contribution in [3.05, 3.63) is 23.1 Å². The summed E-state index contributed by atoms with van der Waals surface area (Å²) in [6.45, 7) is 0. The molecular formula is C25H37NO2S. The Hall–Kier alpha value is -1.29. The van der Waals surface area contributed by atoms with Crippen molar-refractivity contribution in [3.63, 3.8) is 0 Å². The van der Waals surface area contributed by atoms with E-state index in [0.717, 1.165) is 30.6 Å². The Bertz CT molecular complexity index is 673. The molecular weight excluding hydrogens is 378 g/mol. The number of carbonyl (C=O) groups excluding carboxylic acids is 1. The number of hydrogen-bond acceptors (Lipinski definition) is 4. The lowest BCUT2D eigenvalue weighted by Gasteiger charge is -2.42. The van der Waals surface area contributed by atoms with Crippen molar-refractivity contribution in [2.24, 2.45) is 5.92 Å². The summed E-state index contributed by atoms with van der Waals surface area (Å²) in [6.07, 6.45) is 20.3. The maximum Gasteiger partial charge on any atom is 0.162 e. The summed E-state index contributed by atoms with van der Waals surface area (Å²) in [5.41, 5.74) is 0. The molecule has 0 radical (unpaired) electrons. The number of hydrogen-bond donors (Lipinski definition) is 1. The van der Waals surface area contributed by atoms with E-state index in [9.17, 15) is 9.90 Å². The Labute approximate surface area is 180 Å². The molecule has 1 N–H and O–H groups in total. The zero-order valence-electron chi connectivity index (χ0n) is 17.8. The number of rotatable bonds is 6. The Kier molecular flexibility index (Phi) is 7.34. The molecule has 160 valence electrons. The van der Waals surface area contributed by atoms with Gasteiger partial charge in [-0.2, -0.15) is 0 Å².